The first-order valence-corrected chi connectivity index (χ1v) is 5.60. The van der Waals surface area contributed by atoms with Gasteiger partial charge in [0.25, 0.3) is 0 Å². The molecule has 0 bridgehead atoms. The van der Waals surface area contributed by atoms with Crippen molar-refractivity contribution >= 4 is 12.0 Å². The fraction of sp³-hybridized carbons (Fsp3) is 0.727. The van der Waals surface area contributed by atoms with Gasteiger partial charge in [0, 0.05) is 12.6 Å². The van der Waals surface area contributed by atoms with Gasteiger partial charge in [0.05, 0.1) is 12.5 Å². The van der Waals surface area contributed by atoms with Gasteiger partial charge in [-0.15, -0.1) is 0 Å². The van der Waals surface area contributed by atoms with E-state index in [1.54, 1.807) is 6.92 Å². The van der Waals surface area contributed by atoms with Crippen LogP contribution in [0.15, 0.2) is 0 Å². The van der Waals surface area contributed by atoms with Crippen LogP contribution in [0.3, 0.4) is 0 Å². The maximum absolute atomic E-state index is 11.8. The fourth-order valence-corrected chi connectivity index (χ4v) is 1.34. The number of hydrogen-bond donors (Lipinski definition) is 2. The molecular weight excluding hydrogens is 222 g/mol. The van der Waals surface area contributed by atoms with E-state index >= 15 is 0 Å². The van der Waals surface area contributed by atoms with Gasteiger partial charge in [0.2, 0.25) is 0 Å². The van der Waals surface area contributed by atoms with E-state index in [1.807, 2.05) is 19.9 Å². The Hall–Kier alpha value is -1.77. The van der Waals surface area contributed by atoms with Crippen LogP contribution in [0.5, 0.6) is 0 Å². The highest BCUT2D eigenvalue weighted by molar-refractivity contribution is 5.82. The molecule has 0 aliphatic carbocycles. The zero-order valence-corrected chi connectivity index (χ0v) is 10.4. The number of nitrogens with one attached hydrogen (secondary N) is 1. The zero-order valence-electron chi connectivity index (χ0n) is 10.4. The number of carbonyl (C=O) groups excluding carboxylic acids is 1. The molecule has 0 saturated heterocycles. The van der Waals surface area contributed by atoms with Crippen molar-refractivity contribution in [1.29, 1.82) is 5.26 Å². The maximum atomic E-state index is 11.8. The van der Waals surface area contributed by atoms with Gasteiger partial charge in [-0.3, -0.25) is 0 Å². The number of carboxylic acids is 1. The summed E-state index contributed by atoms with van der Waals surface area (Å²) in [5.74, 6) is -1.05. The van der Waals surface area contributed by atoms with E-state index < -0.39 is 18.0 Å². The summed E-state index contributed by atoms with van der Waals surface area (Å²) in [6.07, 6.45) is 0.556. The molecule has 0 radical (unpaired) electrons. The predicted molar refractivity (Wildman–Crippen MR) is 62.3 cm³/mol. The van der Waals surface area contributed by atoms with Gasteiger partial charge in [0.15, 0.2) is 0 Å². The quantitative estimate of drug-likeness (QED) is 0.730. The molecule has 17 heavy (non-hydrogen) atoms. The second kappa shape index (κ2) is 7.49. The maximum Gasteiger partial charge on any atom is 0.326 e. The Labute approximate surface area is 101 Å². The van der Waals surface area contributed by atoms with E-state index in [2.05, 4.69) is 5.32 Å². The van der Waals surface area contributed by atoms with Crippen molar-refractivity contribution in [2.45, 2.75) is 45.7 Å². The lowest BCUT2D eigenvalue weighted by molar-refractivity contribution is -0.139. The molecule has 96 valence electrons. The Morgan fingerprint density at radius 3 is 2.41 bits per heavy atom. The molecule has 0 aromatic heterocycles. The van der Waals surface area contributed by atoms with Crippen molar-refractivity contribution in [2.75, 3.05) is 6.54 Å². The lowest BCUT2D eigenvalue weighted by Gasteiger charge is -2.27. The second-order valence-electron chi connectivity index (χ2n) is 3.94. The predicted octanol–water partition coefficient (Wildman–Crippen LogP) is 1.18. The fourth-order valence-electron chi connectivity index (χ4n) is 1.34. The molecule has 1 atom stereocenters. The molecule has 6 heteroatoms. The molecule has 0 aromatic rings. The number of nitriles is 1. The minimum atomic E-state index is -1.05. The molecule has 6 nitrogen and oxygen atoms in total. The number of amides is 2. The van der Waals surface area contributed by atoms with Crippen molar-refractivity contribution < 1.29 is 14.7 Å². The molecule has 0 unspecified atom stereocenters. The van der Waals surface area contributed by atoms with Gasteiger partial charge in [-0.25, -0.2) is 9.59 Å². The van der Waals surface area contributed by atoms with Crippen LogP contribution in [0, 0.1) is 11.3 Å². The standard InChI is InChI=1S/C11H19N3O3/c1-4-9(10(15)16)13-11(17)14(8(2)3)7-5-6-12/h8-9H,4-5,7H2,1-3H3,(H,13,17)(H,15,16)/t9-/m1/s1. The highest BCUT2D eigenvalue weighted by atomic mass is 16.4. The van der Waals surface area contributed by atoms with Crippen LogP contribution in [0.1, 0.15) is 33.6 Å². The number of nitrogens with zero attached hydrogens (tertiary/aromatic N) is 2. The molecule has 0 spiro atoms. The number of carboxylic acid groups (broad SMARTS) is 1. The lowest BCUT2D eigenvalue weighted by Crippen LogP contribution is -2.50. The second-order valence-corrected chi connectivity index (χ2v) is 3.94. The minimum absolute atomic E-state index is 0.0744. The van der Waals surface area contributed by atoms with E-state index in [0.717, 1.165) is 0 Å². The molecule has 0 rings (SSSR count). The normalized spacial score (nSPS) is 11.7. The number of rotatable bonds is 6. The number of urea groups is 1. The lowest BCUT2D eigenvalue weighted by atomic mass is 10.2. The Morgan fingerprint density at radius 1 is 1.47 bits per heavy atom. The van der Waals surface area contributed by atoms with Crippen LogP contribution in [0.2, 0.25) is 0 Å². The number of hydrogen-bond acceptors (Lipinski definition) is 3. The minimum Gasteiger partial charge on any atom is -0.480 e. The average molecular weight is 241 g/mol. The average Bonchev–Trinajstić information content (AvgIpc) is 2.25. The summed E-state index contributed by atoms with van der Waals surface area (Å²) in [5, 5.41) is 19.8. The SMILES string of the molecule is CC[C@@H](NC(=O)N(CCC#N)C(C)C)C(=O)O. The smallest absolute Gasteiger partial charge is 0.326 e. The Kier molecular flexibility index (Phi) is 6.71. The molecule has 0 heterocycles. The summed E-state index contributed by atoms with van der Waals surface area (Å²) in [7, 11) is 0. The van der Waals surface area contributed by atoms with Crippen LogP contribution >= 0.6 is 0 Å². The Bertz CT molecular complexity index is 310. The van der Waals surface area contributed by atoms with Gasteiger partial charge < -0.3 is 15.3 Å². The van der Waals surface area contributed by atoms with Gasteiger partial charge in [-0.2, -0.15) is 5.26 Å². The Morgan fingerprint density at radius 2 is 2.06 bits per heavy atom. The first-order valence-electron chi connectivity index (χ1n) is 5.60. The van der Waals surface area contributed by atoms with Crippen molar-refractivity contribution in [3.8, 4) is 6.07 Å². The van der Waals surface area contributed by atoms with Gasteiger partial charge in [-0.1, -0.05) is 6.92 Å². The van der Waals surface area contributed by atoms with Crippen LogP contribution in [-0.2, 0) is 4.79 Å². The topological polar surface area (TPSA) is 93.4 Å². The van der Waals surface area contributed by atoms with E-state index in [9.17, 15) is 9.59 Å². The van der Waals surface area contributed by atoms with Crippen molar-refractivity contribution in [2.24, 2.45) is 0 Å². The highest BCUT2D eigenvalue weighted by Gasteiger charge is 2.22. The van der Waals surface area contributed by atoms with E-state index in [0.29, 0.717) is 13.0 Å². The molecule has 0 aliphatic rings. The van der Waals surface area contributed by atoms with E-state index in [4.69, 9.17) is 10.4 Å². The van der Waals surface area contributed by atoms with Gasteiger partial charge in [-0.05, 0) is 20.3 Å². The van der Waals surface area contributed by atoms with Crippen LogP contribution in [0.25, 0.3) is 0 Å². The third-order valence-corrected chi connectivity index (χ3v) is 2.35. The molecule has 0 saturated carbocycles. The monoisotopic (exact) mass is 241 g/mol. The third-order valence-electron chi connectivity index (χ3n) is 2.35. The summed E-state index contributed by atoms with van der Waals surface area (Å²) in [5.41, 5.74) is 0. The van der Waals surface area contributed by atoms with E-state index in [-0.39, 0.29) is 12.5 Å². The summed E-state index contributed by atoms with van der Waals surface area (Å²) >= 11 is 0. The molecular formula is C11H19N3O3. The zero-order chi connectivity index (χ0) is 13.4. The molecule has 0 aliphatic heterocycles. The van der Waals surface area contributed by atoms with Crippen molar-refractivity contribution in [1.82, 2.24) is 10.2 Å². The van der Waals surface area contributed by atoms with Crippen LogP contribution < -0.4 is 5.32 Å². The largest absolute Gasteiger partial charge is 0.480 e. The summed E-state index contributed by atoms with van der Waals surface area (Å²) in [4.78, 5) is 24.0. The third kappa shape index (κ3) is 5.20. The summed E-state index contributed by atoms with van der Waals surface area (Å²) in [6.45, 7) is 5.63. The van der Waals surface area contributed by atoms with Crippen LogP contribution in [-0.4, -0.2) is 40.6 Å². The molecule has 2 amide bonds. The highest BCUT2D eigenvalue weighted by Crippen LogP contribution is 2.02. The Balaban J connectivity index is 4.51. The van der Waals surface area contributed by atoms with Gasteiger partial charge >= 0.3 is 12.0 Å². The summed E-state index contributed by atoms with van der Waals surface area (Å²) < 4.78 is 0. The van der Waals surface area contributed by atoms with Crippen LogP contribution in [0.4, 0.5) is 4.79 Å². The molecule has 2 N–H and O–H groups in total. The first kappa shape index (κ1) is 15.2. The molecule has 0 fully saturated rings. The first-order chi connectivity index (χ1) is 7.93. The number of carbonyl (C=O) groups is 2. The van der Waals surface area contributed by atoms with Crippen molar-refractivity contribution in [3.05, 3.63) is 0 Å². The van der Waals surface area contributed by atoms with Gasteiger partial charge in [0.1, 0.15) is 6.04 Å². The molecule has 0 aromatic carbocycles. The summed E-state index contributed by atoms with van der Waals surface area (Å²) in [6, 6.07) is 0.562. The van der Waals surface area contributed by atoms with E-state index in [1.165, 1.54) is 4.90 Å². The number of aliphatic carboxylic acids is 1. The van der Waals surface area contributed by atoms with Crippen molar-refractivity contribution in [3.63, 3.8) is 0 Å².